The van der Waals surface area contributed by atoms with Gasteiger partial charge in [-0.15, -0.1) is 11.3 Å². The van der Waals surface area contributed by atoms with Crippen LogP contribution < -0.4 is 10.1 Å². The highest BCUT2D eigenvalue weighted by Crippen LogP contribution is 2.32. The maximum atomic E-state index is 13.9. The van der Waals surface area contributed by atoms with Crippen LogP contribution in [-0.2, 0) is 11.2 Å². The highest BCUT2D eigenvalue weighted by Gasteiger charge is 2.44. The summed E-state index contributed by atoms with van der Waals surface area (Å²) in [4.78, 5) is 19.8. The molecule has 0 bridgehead atoms. The van der Waals surface area contributed by atoms with Crippen molar-refractivity contribution in [3.8, 4) is 5.75 Å². The van der Waals surface area contributed by atoms with Gasteiger partial charge in [-0.25, -0.2) is 13.8 Å². The number of carbonyl (C=O) groups excluding carboxylic acids is 1. The highest BCUT2D eigenvalue weighted by molar-refractivity contribution is 7.15. The summed E-state index contributed by atoms with van der Waals surface area (Å²) in [5.41, 5.74) is -0.472. The number of aromatic nitrogens is 1. The lowest BCUT2D eigenvalue weighted by molar-refractivity contribution is -0.129. The van der Waals surface area contributed by atoms with Gasteiger partial charge in [0.15, 0.2) is 5.13 Å². The standard InChI is InChI=1S/C27H31F2N3O3S/c1-18(2)14-27(34)11-12-32(16-24(27)35-21-9-7-20(28)8-10-21)17-25(33)31-26-30-15-22(36-26)13-19-5-3-4-6-23(19)29/h3-10,15,18,24,34H,11-14,16-17H2,1-2H3,(H,30,31,33)/t24-,27+/m0/s1. The average molecular weight is 516 g/mol. The van der Waals surface area contributed by atoms with E-state index in [4.69, 9.17) is 4.74 Å². The van der Waals surface area contributed by atoms with E-state index in [0.29, 0.717) is 48.8 Å². The molecule has 2 atom stereocenters. The summed E-state index contributed by atoms with van der Waals surface area (Å²) in [7, 11) is 0. The monoisotopic (exact) mass is 515 g/mol. The van der Waals surface area contributed by atoms with E-state index in [1.165, 1.54) is 41.7 Å². The number of likely N-dealkylation sites (tertiary alicyclic amines) is 1. The fourth-order valence-corrected chi connectivity index (χ4v) is 5.41. The SMILES string of the molecule is CC(C)C[C@]1(O)CCN(CC(=O)Nc2ncc(Cc3ccccc3F)s2)C[C@@H]1Oc1ccc(F)cc1. The van der Waals surface area contributed by atoms with Crippen LogP contribution in [0.5, 0.6) is 5.75 Å². The first-order chi connectivity index (χ1) is 17.2. The summed E-state index contributed by atoms with van der Waals surface area (Å²) in [6, 6.07) is 12.3. The third-order valence-electron chi connectivity index (χ3n) is 6.23. The number of hydrogen-bond acceptors (Lipinski definition) is 6. The zero-order chi connectivity index (χ0) is 25.7. The minimum absolute atomic E-state index is 0.114. The number of aliphatic hydroxyl groups is 1. The van der Waals surface area contributed by atoms with Gasteiger partial charge in [0, 0.05) is 30.6 Å². The van der Waals surface area contributed by atoms with Crippen molar-refractivity contribution in [1.82, 2.24) is 9.88 Å². The Bertz CT molecular complexity index is 1170. The van der Waals surface area contributed by atoms with E-state index in [1.807, 2.05) is 18.7 Å². The molecule has 0 aliphatic carbocycles. The Morgan fingerprint density at radius 1 is 1.25 bits per heavy atom. The van der Waals surface area contributed by atoms with Crippen molar-refractivity contribution in [2.75, 3.05) is 25.0 Å². The molecule has 1 fully saturated rings. The molecule has 1 aliphatic heterocycles. The third kappa shape index (κ3) is 6.87. The van der Waals surface area contributed by atoms with Crippen molar-refractivity contribution < 1.29 is 23.4 Å². The van der Waals surface area contributed by atoms with Crippen molar-refractivity contribution in [1.29, 1.82) is 0 Å². The molecule has 1 aromatic heterocycles. The molecule has 2 aromatic carbocycles. The molecular formula is C27H31F2N3O3S. The molecule has 0 spiro atoms. The number of carbonyl (C=O) groups is 1. The first-order valence-electron chi connectivity index (χ1n) is 12.0. The van der Waals surface area contributed by atoms with Crippen LogP contribution in [0.1, 0.15) is 37.1 Å². The molecule has 6 nitrogen and oxygen atoms in total. The molecule has 2 N–H and O–H groups in total. The van der Waals surface area contributed by atoms with Crippen LogP contribution in [0.15, 0.2) is 54.7 Å². The molecule has 4 rings (SSSR count). The van der Waals surface area contributed by atoms with E-state index < -0.39 is 11.7 Å². The fraction of sp³-hybridized carbons (Fsp3) is 0.407. The summed E-state index contributed by atoms with van der Waals surface area (Å²) >= 11 is 1.31. The summed E-state index contributed by atoms with van der Waals surface area (Å²) in [5, 5.41) is 14.7. The predicted octanol–water partition coefficient (Wildman–Crippen LogP) is 4.88. The Morgan fingerprint density at radius 3 is 2.72 bits per heavy atom. The van der Waals surface area contributed by atoms with Gasteiger partial charge in [0.1, 0.15) is 29.1 Å². The average Bonchev–Trinajstić information content (AvgIpc) is 3.25. The van der Waals surface area contributed by atoms with Crippen LogP contribution in [0.25, 0.3) is 0 Å². The Balaban J connectivity index is 1.36. The molecule has 36 heavy (non-hydrogen) atoms. The van der Waals surface area contributed by atoms with E-state index in [-0.39, 0.29) is 30.0 Å². The molecule has 0 radical (unpaired) electrons. The molecule has 1 aliphatic rings. The van der Waals surface area contributed by atoms with Crippen LogP contribution in [-0.4, -0.2) is 52.2 Å². The van der Waals surface area contributed by atoms with Gasteiger partial charge < -0.3 is 15.2 Å². The normalized spacial score (nSPS) is 20.4. The molecule has 2 heterocycles. The van der Waals surface area contributed by atoms with Crippen LogP contribution in [0, 0.1) is 17.6 Å². The predicted molar refractivity (Wildman–Crippen MR) is 136 cm³/mol. The first kappa shape index (κ1) is 26.2. The molecule has 0 unspecified atom stereocenters. The Hall–Kier alpha value is -2.88. The van der Waals surface area contributed by atoms with Gasteiger partial charge in [-0.05, 0) is 54.7 Å². The van der Waals surface area contributed by atoms with E-state index in [2.05, 4.69) is 10.3 Å². The number of anilines is 1. The van der Waals surface area contributed by atoms with E-state index in [9.17, 15) is 18.7 Å². The maximum Gasteiger partial charge on any atom is 0.240 e. The summed E-state index contributed by atoms with van der Waals surface area (Å²) in [6.45, 7) is 5.09. The van der Waals surface area contributed by atoms with Crippen LogP contribution >= 0.6 is 11.3 Å². The van der Waals surface area contributed by atoms with Gasteiger partial charge in [0.25, 0.3) is 0 Å². The molecule has 192 valence electrons. The van der Waals surface area contributed by atoms with Gasteiger partial charge >= 0.3 is 0 Å². The third-order valence-corrected chi connectivity index (χ3v) is 7.14. The maximum absolute atomic E-state index is 13.9. The Labute approximate surface area is 213 Å². The van der Waals surface area contributed by atoms with Gasteiger partial charge in [0.05, 0.1) is 6.54 Å². The molecule has 3 aromatic rings. The lowest BCUT2D eigenvalue weighted by Crippen LogP contribution is -2.59. The zero-order valence-electron chi connectivity index (χ0n) is 20.4. The van der Waals surface area contributed by atoms with E-state index >= 15 is 0 Å². The quantitative estimate of drug-likeness (QED) is 0.425. The minimum atomic E-state index is -1.05. The zero-order valence-corrected chi connectivity index (χ0v) is 21.2. The van der Waals surface area contributed by atoms with Gasteiger partial charge in [-0.1, -0.05) is 32.0 Å². The van der Waals surface area contributed by atoms with Gasteiger partial charge in [-0.2, -0.15) is 0 Å². The molecule has 1 saturated heterocycles. The second-order valence-electron chi connectivity index (χ2n) is 9.70. The number of amides is 1. The fourth-order valence-electron chi connectivity index (χ4n) is 4.56. The minimum Gasteiger partial charge on any atom is -0.486 e. The van der Waals surface area contributed by atoms with Gasteiger partial charge in [0.2, 0.25) is 5.91 Å². The van der Waals surface area contributed by atoms with Crippen LogP contribution in [0.3, 0.4) is 0 Å². The highest BCUT2D eigenvalue weighted by atomic mass is 32.1. The van der Waals surface area contributed by atoms with Crippen LogP contribution in [0.4, 0.5) is 13.9 Å². The van der Waals surface area contributed by atoms with Gasteiger partial charge in [-0.3, -0.25) is 9.69 Å². The van der Waals surface area contributed by atoms with Crippen molar-refractivity contribution in [3.63, 3.8) is 0 Å². The second-order valence-corrected chi connectivity index (χ2v) is 10.8. The number of thiazole rings is 1. The second kappa shape index (κ2) is 11.5. The summed E-state index contributed by atoms with van der Waals surface area (Å²) in [6.07, 6.45) is 2.49. The Kier molecular flexibility index (Phi) is 8.33. The topological polar surface area (TPSA) is 74.7 Å². The van der Waals surface area contributed by atoms with E-state index in [1.54, 1.807) is 24.4 Å². The number of rotatable bonds is 9. The smallest absolute Gasteiger partial charge is 0.240 e. The summed E-state index contributed by atoms with van der Waals surface area (Å²) in [5.74, 6) is -0.123. The van der Waals surface area contributed by atoms with Crippen molar-refractivity contribution in [3.05, 3.63) is 76.8 Å². The Morgan fingerprint density at radius 2 is 2.00 bits per heavy atom. The van der Waals surface area contributed by atoms with E-state index in [0.717, 1.165) is 4.88 Å². The van der Waals surface area contributed by atoms with Crippen LogP contribution in [0.2, 0.25) is 0 Å². The first-order valence-corrected chi connectivity index (χ1v) is 12.9. The molecular weight excluding hydrogens is 484 g/mol. The molecule has 9 heteroatoms. The number of nitrogens with zero attached hydrogens (tertiary/aromatic N) is 2. The largest absolute Gasteiger partial charge is 0.486 e. The van der Waals surface area contributed by atoms with Crippen molar-refractivity contribution >= 4 is 22.4 Å². The van der Waals surface area contributed by atoms with Crippen molar-refractivity contribution in [2.45, 2.75) is 44.8 Å². The number of benzene rings is 2. The number of halogens is 2. The number of hydrogen-bond donors (Lipinski definition) is 2. The lowest BCUT2D eigenvalue weighted by Gasteiger charge is -2.44. The lowest BCUT2D eigenvalue weighted by atomic mass is 9.81. The number of piperidine rings is 1. The van der Waals surface area contributed by atoms with Crippen molar-refractivity contribution in [2.24, 2.45) is 5.92 Å². The number of nitrogens with one attached hydrogen (secondary N) is 1. The summed E-state index contributed by atoms with van der Waals surface area (Å²) < 4.78 is 33.3. The number of ether oxygens (including phenoxy) is 1. The molecule has 0 saturated carbocycles. The molecule has 1 amide bonds.